The van der Waals surface area contributed by atoms with Crippen LogP contribution in [0.15, 0.2) is 59.5 Å². The van der Waals surface area contributed by atoms with Crippen molar-refractivity contribution in [3.8, 4) is 0 Å². The molecule has 10 heteroatoms. The highest BCUT2D eigenvalue weighted by atomic mass is 32.2. The number of nitrogens with one attached hydrogen (secondary N) is 2. The summed E-state index contributed by atoms with van der Waals surface area (Å²) in [6, 6.07) is 14.4. The van der Waals surface area contributed by atoms with Gasteiger partial charge in [-0.15, -0.1) is 10.2 Å². The number of carbonyl (C=O) groups is 2. The van der Waals surface area contributed by atoms with Crippen LogP contribution in [0.2, 0.25) is 0 Å². The minimum Gasteiger partial charge on any atom is -0.325 e. The number of hydrogen-bond acceptors (Lipinski definition) is 7. The lowest BCUT2D eigenvalue weighted by atomic mass is 10.1. The third kappa shape index (κ3) is 5.49. The summed E-state index contributed by atoms with van der Waals surface area (Å²) in [5.41, 5.74) is 0.530. The van der Waals surface area contributed by atoms with Crippen molar-refractivity contribution in [1.82, 2.24) is 10.2 Å². The van der Waals surface area contributed by atoms with Crippen molar-refractivity contribution in [3.63, 3.8) is 0 Å². The number of aryl methyl sites for hydroxylation is 1. The summed E-state index contributed by atoms with van der Waals surface area (Å²) < 4.78 is 24.7. The number of amides is 2. The Morgan fingerprint density at radius 2 is 1.67 bits per heavy atom. The molecule has 0 atom stereocenters. The molecule has 3 rings (SSSR count). The van der Waals surface area contributed by atoms with Crippen molar-refractivity contribution >= 4 is 43.8 Å². The van der Waals surface area contributed by atoms with E-state index in [2.05, 4.69) is 20.8 Å². The highest BCUT2D eigenvalue weighted by molar-refractivity contribution is 7.91. The lowest BCUT2D eigenvalue weighted by molar-refractivity contribution is -0.115. The smallest absolute Gasteiger partial charge is 0.259 e. The summed E-state index contributed by atoms with van der Waals surface area (Å²) in [7, 11) is -3.57. The topological polar surface area (TPSA) is 118 Å². The van der Waals surface area contributed by atoms with Gasteiger partial charge in [0.15, 0.2) is 9.84 Å². The lowest BCUT2D eigenvalue weighted by Gasteiger charge is -2.10. The molecule has 2 amide bonds. The zero-order valence-corrected chi connectivity index (χ0v) is 17.8. The molecule has 0 radical (unpaired) electrons. The predicted molar refractivity (Wildman–Crippen MR) is 115 cm³/mol. The van der Waals surface area contributed by atoms with E-state index in [4.69, 9.17) is 0 Å². The highest BCUT2D eigenvalue weighted by Gasteiger charge is 2.18. The van der Waals surface area contributed by atoms with Gasteiger partial charge in [0.25, 0.3) is 5.91 Å². The summed E-state index contributed by atoms with van der Waals surface area (Å²) in [4.78, 5) is 25.1. The van der Waals surface area contributed by atoms with Crippen LogP contribution in [0, 0.1) is 0 Å². The Labute approximate surface area is 178 Å². The average molecular weight is 445 g/mol. The molecule has 1 aromatic heterocycles. The van der Waals surface area contributed by atoms with E-state index in [0.29, 0.717) is 11.6 Å². The third-order valence-electron chi connectivity index (χ3n) is 4.14. The SMILES string of the molecule is CCc1nnc(NC(=O)c2ccccc2NC(=O)CCS(=O)(=O)c2ccccc2)s1. The van der Waals surface area contributed by atoms with Crippen LogP contribution in [0.1, 0.15) is 28.7 Å². The van der Waals surface area contributed by atoms with Gasteiger partial charge >= 0.3 is 0 Å². The van der Waals surface area contributed by atoms with Crippen LogP contribution in [0.5, 0.6) is 0 Å². The number of aromatic nitrogens is 2. The Morgan fingerprint density at radius 1 is 0.967 bits per heavy atom. The van der Waals surface area contributed by atoms with Crippen molar-refractivity contribution in [3.05, 3.63) is 65.2 Å². The Balaban J connectivity index is 1.65. The normalized spacial score (nSPS) is 11.1. The molecule has 2 aromatic carbocycles. The molecule has 0 unspecified atom stereocenters. The van der Waals surface area contributed by atoms with E-state index in [1.54, 1.807) is 42.5 Å². The van der Waals surface area contributed by atoms with Crippen LogP contribution in [-0.4, -0.2) is 36.2 Å². The second-order valence-corrected chi connectivity index (χ2v) is 9.46. The van der Waals surface area contributed by atoms with Crippen LogP contribution >= 0.6 is 11.3 Å². The van der Waals surface area contributed by atoms with Gasteiger partial charge in [-0.25, -0.2) is 8.42 Å². The predicted octanol–water partition coefficient (Wildman–Crippen LogP) is 3.16. The largest absolute Gasteiger partial charge is 0.325 e. The number of sulfone groups is 1. The maximum atomic E-state index is 12.6. The van der Waals surface area contributed by atoms with Crippen molar-refractivity contribution < 1.29 is 18.0 Å². The molecule has 30 heavy (non-hydrogen) atoms. The van der Waals surface area contributed by atoms with Gasteiger partial charge in [-0.3, -0.25) is 14.9 Å². The Kier molecular flexibility index (Phi) is 6.91. The first-order valence-corrected chi connectivity index (χ1v) is 11.7. The monoisotopic (exact) mass is 444 g/mol. The van der Waals surface area contributed by atoms with Gasteiger partial charge in [-0.05, 0) is 30.7 Å². The first kappa shape index (κ1) is 21.6. The van der Waals surface area contributed by atoms with E-state index in [-0.39, 0.29) is 28.3 Å². The van der Waals surface area contributed by atoms with Crippen LogP contribution in [-0.2, 0) is 21.1 Å². The molecule has 0 saturated carbocycles. The van der Waals surface area contributed by atoms with Crippen LogP contribution in [0.25, 0.3) is 0 Å². The zero-order chi connectivity index (χ0) is 21.6. The second kappa shape index (κ2) is 9.59. The van der Waals surface area contributed by atoms with E-state index in [1.165, 1.54) is 23.5 Å². The Morgan fingerprint density at radius 3 is 2.37 bits per heavy atom. The van der Waals surface area contributed by atoms with Gasteiger partial charge in [0.05, 0.1) is 21.9 Å². The van der Waals surface area contributed by atoms with Gasteiger partial charge in [-0.2, -0.15) is 0 Å². The number of hydrogen-bond donors (Lipinski definition) is 2. The highest BCUT2D eigenvalue weighted by Crippen LogP contribution is 2.20. The summed E-state index contributed by atoms with van der Waals surface area (Å²) in [6.45, 7) is 1.94. The van der Waals surface area contributed by atoms with E-state index in [9.17, 15) is 18.0 Å². The maximum Gasteiger partial charge on any atom is 0.259 e. The van der Waals surface area contributed by atoms with Gasteiger partial charge in [-0.1, -0.05) is 48.6 Å². The van der Waals surface area contributed by atoms with Crippen LogP contribution in [0.3, 0.4) is 0 Å². The molecule has 1 heterocycles. The number of benzene rings is 2. The standard InChI is InChI=1S/C20H20N4O4S2/c1-2-18-23-24-20(29-18)22-19(26)15-10-6-7-11-16(15)21-17(25)12-13-30(27,28)14-8-4-3-5-9-14/h3-11H,2,12-13H2,1H3,(H,21,25)(H,22,24,26). The van der Waals surface area contributed by atoms with Crippen LogP contribution < -0.4 is 10.6 Å². The van der Waals surface area contributed by atoms with Gasteiger partial charge in [0.1, 0.15) is 5.01 Å². The third-order valence-corrected chi connectivity index (χ3v) is 6.85. The maximum absolute atomic E-state index is 12.6. The molecule has 0 aliphatic carbocycles. The first-order chi connectivity index (χ1) is 14.4. The van der Waals surface area contributed by atoms with E-state index < -0.39 is 21.7 Å². The molecule has 2 N–H and O–H groups in total. The molecule has 0 bridgehead atoms. The molecule has 156 valence electrons. The summed E-state index contributed by atoms with van der Waals surface area (Å²) in [5, 5.41) is 14.3. The fourth-order valence-electron chi connectivity index (χ4n) is 2.59. The van der Waals surface area contributed by atoms with E-state index in [1.807, 2.05) is 6.92 Å². The van der Waals surface area contributed by atoms with Gasteiger partial charge < -0.3 is 5.32 Å². The van der Waals surface area contributed by atoms with Gasteiger partial charge in [0.2, 0.25) is 11.0 Å². The fourth-order valence-corrected chi connectivity index (χ4v) is 4.52. The van der Waals surface area contributed by atoms with Gasteiger partial charge in [0, 0.05) is 6.42 Å². The zero-order valence-electron chi connectivity index (χ0n) is 16.2. The van der Waals surface area contributed by atoms with E-state index >= 15 is 0 Å². The average Bonchev–Trinajstić information content (AvgIpc) is 3.21. The fraction of sp³-hybridized carbons (Fsp3) is 0.200. The second-order valence-electron chi connectivity index (χ2n) is 6.28. The quantitative estimate of drug-likeness (QED) is 0.551. The molecule has 8 nitrogen and oxygen atoms in total. The number of anilines is 2. The Bertz CT molecular complexity index is 1140. The minimum atomic E-state index is -3.57. The molecule has 0 aliphatic rings. The molecular weight excluding hydrogens is 424 g/mol. The van der Waals surface area contributed by atoms with Crippen molar-refractivity contribution in [2.24, 2.45) is 0 Å². The number of rotatable bonds is 8. The van der Waals surface area contributed by atoms with Crippen molar-refractivity contribution in [2.75, 3.05) is 16.4 Å². The summed E-state index contributed by atoms with van der Waals surface area (Å²) >= 11 is 1.28. The number of nitrogens with zero attached hydrogens (tertiary/aromatic N) is 2. The minimum absolute atomic E-state index is 0.168. The molecule has 3 aromatic rings. The van der Waals surface area contributed by atoms with E-state index in [0.717, 1.165) is 5.01 Å². The number of para-hydroxylation sites is 1. The molecular formula is C20H20N4O4S2. The summed E-state index contributed by atoms with van der Waals surface area (Å²) in [5.74, 6) is -1.28. The lowest BCUT2D eigenvalue weighted by Crippen LogP contribution is -2.20. The molecule has 0 aliphatic heterocycles. The molecule has 0 spiro atoms. The molecule has 0 saturated heterocycles. The Hall–Kier alpha value is -3.11. The van der Waals surface area contributed by atoms with Crippen LogP contribution in [0.4, 0.5) is 10.8 Å². The number of carbonyl (C=O) groups excluding carboxylic acids is 2. The first-order valence-electron chi connectivity index (χ1n) is 9.19. The van der Waals surface area contributed by atoms with Crippen molar-refractivity contribution in [1.29, 1.82) is 0 Å². The molecule has 0 fully saturated rings. The van der Waals surface area contributed by atoms with Crippen molar-refractivity contribution in [2.45, 2.75) is 24.7 Å². The summed E-state index contributed by atoms with van der Waals surface area (Å²) in [6.07, 6.45) is 0.482.